The maximum atomic E-state index is 11.0. The van der Waals surface area contributed by atoms with Crippen LogP contribution in [0.25, 0.3) is 0 Å². The number of nitrogens with one attached hydrogen (secondary N) is 1. The molecule has 0 radical (unpaired) electrons. The van der Waals surface area contributed by atoms with Crippen molar-refractivity contribution in [1.82, 2.24) is 0 Å². The van der Waals surface area contributed by atoms with Crippen molar-refractivity contribution in [3.05, 3.63) is 47.5 Å². The van der Waals surface area contributed by atoms with E-state index in [1.807, 2.05) is 31.2 Å². The van der Waals surface area contributed by atoms with Crippen LogP contribution in [0.3, 0.4) is 0 Å². The van der Waals surface area contributed by atoms with E-state index in [0.29, 0.717) is 18.1 Å². The summed E-state index contributed by atoms with van der Waals surface area (Å²) in [7, 11) is 3.22. The summed E-state index contributed by atoms with van der Waals surface area (Å²) in [6.07, 6.45) is 0. The first-order chi connectivity index (χ1) is 11.0. The second kappa shape index (κ2) is 7.54. The second-order valence-corrected chi connectivity index (χ2v) is 5.13. The number of hydrogen-bond acceptors (Lipinski definition) is 4. The number of amides is 1. The molecular formula is C18H21NO4. The van der Waals surface area contributed by atoms with E-state index in [1.165, 1.54) is 6.92 Å². The van der Waals surface area contributed by atoms with Gasteiger partial charge in [-0.05, 0) is 54.4 Å². The van der Waals surface area contributed by atoms with Crippen LogP contribution in [0.5, 0.6) is 17.2 Å². The number of benzene rings is 2. The van der Waals surface area contributed by atoms with Gasteiger partial charge in [0, 0.05) is 12.6 Å². The third-order valence-electron chi connectivity index (χ3n) is 3.41. The summed E-state index contributed by atoms with van der Waals surface area (Å²) in [5.74, 6) is 2.01. The number of hydrogen-bond donors (Lipinski definition) is 1. The lowest BCUT2D eigenvalue weighted by Gasteiger charge is -2.14. The molecule has 0 bridgehead atoms. The van der Waals surface area contributed by atoms with Crippen LogP contribution < -0.4 is 19.5 Å². The van der Waals surface area contributed by atoms with Crippen LogP contribution in [0.2, 0.25) is 0 Å². The fourth-order valence-corrected chi connectivity index (χ4v) is 2.18. The Morgan fingerprint density at radius 1 is 1.04 bits per heavy atom. The van der Waals surface area contributed by atoms with Crippen molar-refractivity contribution in [2.45, 2.75) is 20.5 Å². The van der Waals surface area contributed by atoms with E-state index in [2.05, 4.69) is 5.32 Å². The first-order valence-electron chi connectivity index (χ1n) is 7.25. The predicted molar refractivity (Wildman–Crippen MR) is 89.4 cm³/mol. The monoisotopic (exact) mass is 315 g/mol. The number of carbonyl (C=O) groups is 1. The van der Waals surface area contributed by atoms with Crippen LogP contribution in [0, 0.1) is 6.92 Å². The molecule has 1 amide bonds. The zero-order valence-corrected chi connectivity index (χ0v) is 13.8. The first-order valence-corrected chi connectivity index (χ1v) is 7.25. The minimum atomic E-state index is -0.0976. The normalized spacial score (nSPS) is 10.1. The molecule has 1 N–H and O–H groups in total. The largest absolute Gasteiger partial charge is 0.493 e. The zero-order chi connectivity index (χ0) is 16.8. The van der Waals surface area contributed by atoms with E-state index < -0.39 is 0 Å². The Morgan fingerprint density at radius 3 is 2.22 bits per heavy atom. The summed E-state index contributed by atoms with van der Waals surface area (Å²) in [4.78, 5) is 11.0. The molecule has 0 fully saturated rings. The van der Waals surface area contributed by atoms with E-state index in [1.54, 1.807) is 26.4 Å². The number of ether oxygens (including phenoxy) is 3. The molecule has 0 saturated heterocycles. The van der Waals surface area contributed by atoms with Crippen LogP contribution in [0.4, 0.5) is 5.69 Å². The number of aryl methyl sites for hydroxylation is 1. The highest BCUT2D eigenvalue weighted by atomic mass is 16.5. The number of rotatable bonds is 6. The lowest BCUT2D eigenvalue weighted by molar-refractivity contribution is -0.114. The van der Waals surface area contributed by atoms with E-state index in [4.69, 9.17) is 14.2 Å². The van der Waals surface area contributed by atoms with Crippen molar-refractivity contribution in [2.24, 2.45) is 0 Å². The molecule has 0 unspecified atom stereocenters. The highest BCUT2D eigenvalue weighted by molar-refractivity contribution is 5.88. The molecule has 2 rings (SSSR count). The summed E-state index contributed by atoms with van der Waals surface area (Å²) >= 11 is 0. The molecule has 0 saturated carbocycles. The maximum Gasteiger partial charge on any atom is 0.221 e. The molecule has 0 aromatic heterocycles. The molecule has 0 aliphatic heterocycles. The van der Waals surface area contributed by atoms with Gasteiger partial charge in [0.1, 0.15) is 12.4 Å². The number of anilines is 1. The van der Waals surface area contributed by atoms with Crippen LogP contribution in [0.15, 0.2) is 36.4 Å². The van der Waals surface area contributed by atoms with Gasteiger partial charge in [0.15, 0.2) is 11.5 Å². The number of carbonyl (C=O) groups excluding carboxylic acids is 1. The Kier molecular flexibility index (Phi) is 5.46. The predicted octanol–water partition coefficient (Wildman–Crippen LogP) is 3.55. The van der Waals surface area contributed by atoms with E-state index in [9.17, 15) is 4.79 Å². The molecule has 0 aliphatic carbocycles. The van der Waals surface area contributed by atoms with Gasteiger partial charge in [-0.3, -0.25) is 4.79 Å². The number of methoxy groups -OCH3 is 2. The van der Waals surface area contributed by atoms with Crippen molar-refractivity contribution < 1.29 is 19.0 Å². The van der Waals surface area contributed by atoms with Crippen LogP contribution >= 0.6 is 0 Å². The maximum absolute atomic E-state index is 11.0. The molecule has 0 heterocycles. The summed E-state index contributed by atoms with van der Waals surface area (Å²) in [5, 5.41) is 2.72. The van der Waals surface area contributed by atoms with Crippen molar-refractivity contribution >= 4 is 11.6 Å². The average Bonchev–Trinajstić information content (AvgIpc) is 2.54. The van der Waals surface area contributed by atoms with Gasteiger partial charge in [-0.1, -0.05) is 0 Å². The van der Waals surface area contributed by atoms with E-state index in [-0.39, 0.29) is 5.91 Å². The molecule has 122 valence electrons. The van der Waals surface area contributed by atoms with Gasteiger partial charge in [-0.15, -0.1) is 0 Å². The first kappa shape index (κ1) is 16.7. The Hall–Kier alpha value is -2.69. The van der Waals surface area contributed by atoms with Gasteiger partial charge in [-0.2, -0.15) is 0 Å². The third-order valence-corrected chi connectivity index (χ3v) is 3.41. The Morgan fingerprint density at radius 2 is 1.65 bits per heavy atom. The summed E-state index contributed by atoms with van der Waals surface area (Å²) in [5.41, 5.74) is 2.83. The molecule has 2 aromatic rings. The lowest BCUT2D eigenvalue weighted by Crippen LogP contribution is -2.05. The van der Waals surface area contributed by atoms with Crippen LogP contribution in [0.1, 0.15) is 18.1 Å². The van der Waals surface area contributed by atoms with Gasteiger partial charge < -0.3 is 19.5 Å². The summed E-state index contributed by atoms with van der Waals surface area (Å²) in [6.45, 7) is 3.90. The summed E-state index contributed by atoms with van der Waals surface area (Å²) in [6, 6.07) is 11.1. The molecule has 0 spiro atoms. The average molecular weight is 315 g/mol. The van der Waals surface area contributed by atoms with Crippen molar-refractivity contribution in [3.63, 3.8) is 0 Å². The van der Waals surface area contributed by atoms with E-state index in [0.717, 1.165) is 22.6 Å². The second-order valence-electron chi connectivity index (χ2n) is 5.13. The van der Waals surface area contributed by atoms with Crippen LogP contribution in [-0.4, -0.2) is 20.1 Å². The van der Waals surface area contributed by atoms with Gasteiger partial charge >= 0.3 is 0 Å². The van der Waals surface area contributed by atoms with Crippen molar-refractivity contribution in [2.75, 3.05) is 19.5 Å². The van der Waals surface area contributed by atoms with Crippen molar-refractivity contribution in [1.29, 1.82) is 0 Å². The molecule has 23 heavy (non-hydrogen) atoms. The molecule has 0 atom stereocenters. The molecule has 5 nitrogen and oxygen atoms in total. The van der Waals surface area contributed by atoms with Crippen LogP contribution in [-0.2, 0) is 11.4 Å². The quantitative estimate of drug-likeness (QED) is 0.885. The van der Waals surface area contributed by atoms with Gasteiger partial charge in [0.25, 0.3) is 0 Å². The highest BCUT2D eigenvalue weighted by Crippen LogP contribution is 2.30. The summed E-state index contributed by atoms with van der Waals surface area (Å²) < 4.78 is 16.4. The standard InChI is InChI=1S/C18H21NO4/c1-12-9-17(21-3)18(22-4)10-14(12)11-23-16-7-5-15(6-8-16)19-13(2)20/h5-10H,11H2,1-4H3,(H,19,20). The smallest absolute Gasteiger partial charge is 0.221 e. The van der Waals surface area contributed by atoms with Crippen molar-refractivity contribution in [3.8, 4) is 17.2 Å². The SMILES string of the molecule is COc1cc(C)c(COc2ccc(NC(C)=O)cc2)cc1OC. The lowest BCUT2D eigenvalue weighted by atomic mass is 10.1. The van der Waals surface area contributed by atoms with Gasteiger partial charge in [0.05, 0.1) is 14.2 Å². The Balaban J connectivity index is 2.07. The highest BCUT2D eigenvalue weighted by Gasteiger charge is 2.09. The van der Waals surface area contributed by atoms with Gasteiger partial charge in [-0.25, -0.2) is 0 Å². The molecular weight excluding hydrogens is 294 g/mol. The zero-order valence-electron chi connectivity index (χ0n) is 13.8. The van der Waals surface area contributed by atoms with E-state index >= 15 is 0 Å². The molecule has 5 heteroatoms. The Labute approximate surface area is 136 Å². The van der Waals surface area contributed by atoms with Gasteiger partial charge in [0.2, 0.25) is 5.91 Å². The minimum absolute atomic E-state index is 0.0976. The fourth-order valence-electron chi connectivity index (χ4n) is 2.18. The minimum Gasteiger partial charge on any atom is -0.493 e. The third kappa shape index (κ3) is 4.39. The fraction of sp³-hybridized carbons (Fsp3) is 0.278. The molecule has 0 aliphatic rings. The topological polar surface area (TPSA) is 56.8 Å². The Bertz CT molecular complexity index is 680. The molecule has 2 aromatic carbocycles.